The van der Waals surface area contributed by atoms with Crippen LogP contribution in [0.4, 0.5) is 0 Å². The quantitative estimate of drug-likeness (QED) is 0.527. The average Bonchev–Trinajstić information content (AvgIpc) is 2.29. The zero-order valence-electron chi connectivity index (χ0n) is 6.29. The lowest BCUT2D eigenvalue weighted by atomic mass is 10.4. The molecule has 2 heterocycles. The van der Waals surface area contributed by atoms with Gasteiger partial charge in [-0.3, -0.25) is 9.78 Å². The summed E-state index contributed by atoms with van der Waals surface area (Å²) in [5.74, 6) is 0.241. The predicted octanol–water partition coefficient (Wildman–Crippen LogP) is -0.981. The molecule has 0 atom stereocenters. The molecule has 2 rings (SSSR count). The van der Waals surface area contributed by atoms with Crippen molar-refractivity contribution in [2.24, 2.45) is 0 Å². The van der Waals surface area contributed by atoms with Crippen LogP contribution in [-0.4, -0.2) is 19.6 Å². The Morgan fingerprint density at radius 1 is 1.50 bits per heavy atom. The Morgan fingerprint density at radius 3 is 3.00 bits per heavy atom. The molecule has 6 heteroatoms. The fourth-order valence-electron chi connectivity index (χ4n) is 1.06. The van der Waals surface area contributed by atoms with Gasteiger partial charge in [-0.05, 0) is 6.92 Å². The summed E-state index contributed by atoms with van der Waals surface area (Å²) in [5.41, 5.74) is -0.0951. The third-order valence-corrected chi connectivity index (χ3v) is 1.55. The van der Waals surface area contributed by atoms with Crippen LogP contribution in [0.5, 0.6) is 0 Å². The highest BCUT2D eigenvalue weighted by molar-refractivity contribution is 5.25. The number of aromatic amines is 2. The van der Waals surface area contributed by atoms with E-state index in [1.807, 2.05) is 0 Å². The molecule has 0 aromatic carbocycles. The molecular weight excluding hydrogens is 160 g/mol. The Hall–Kier alpha value is -1.85. The van der Waals surface area contributed by atoms with E-state index in [0.717, 1.165) is 0 Å². The van der Waals surface area contributed by atoms with Gasteiger partial charge in [-0.25, -0.2) is 14.4 Å². The van der Waals surface area contributed by atoms with Crippen LogP contribution in [-0.2, 0) is 0 Å². The van der Waals surface area contributed by atoms with Crippen LogP contribution in [0.3, 0.4) is 0 Å². The number of fused-ring (bicyclic) bond motifs is 1. The maximum Gasteiger partial charge on any atom is 0.363 e. The summed E-state index contributed by atoms with van der Waals surface area (Å²) >= 11 is 0. The minimum absolute atomic E-state index is 0.241. The molecule has 0 radical (unpaired) electrons. The fraction of sp³-hybridized carbons (Fsp3) is 0.167. The number of rotatable bonds is 0. The first-order valence-electron chi connectivity index (χ1n) is 3.35. The summed E-state index contributed by atoms with van der Waals surface area (Å²) in [6.07, 6.45) is 0. The van der Waals surface area contributed by atoms with Gasteiger partial charge in [0, 0.05) is 11.8 Å². The molecule has 0 saturated heterocycles. The Morgan fingerprint density at radius 2 is 2.25 bits per heavy atom. The number of H-pyrrole nitrogens is 2. The third-order valence-electron chi connectivity index (χ3n) is 1.55. The molecule has 6 nitrogen and oxygen atoms in total. The van der Waals surface area contributed by atoms with E-state index in [0.29, 0.717) is 5.69 Å². The highest BCUT2D eigenvalue weighted by Gasteiger charge is 2.00. The van der Waals surface area contributed by atoms with E-state index in [9.17, 15) is 9.59 Å². The summed E-state index contributed by atoms with van der Waals surface area (Å²) in [6, 6.07) is 1.38. The molecule has 2 N–H and O–H groups in total. The number of nitrogens with zero attached hydrogens (tertiary/aromatic N) is 2. The number of aryl methyl sites for hydroxylation is 1. The second kappa shape index (κ2) is 2.07. The standard InChI is InChI=1S/C6H6N4O2/c1-3-2-4(11)7-5-8-6(12)9-10(3)5/h2H,1H3,(H2,7,8,9,11,12). The molecule has 0 saturated carbocycles. The first-order valence-corrected chi connectivity index (χ1v) is 3.35. The maximum atomic E-state index is 10.9. The molecule has 12 heavy (non-hydrogen) atoms. The highest BCUT2D eigenvalue weighted by Crippen LogP contribution is 1.91. The zero-order chi connectivity index (χ0) is 8.72. The monoisotopic (exact) mass is 166 g/mol. The van der Waals surface area contributed by atoms with Crippen molar-refractivity contribution in [1.29, 1.82) is 0 Å². The van der Waals surface area contributed by atoms with E-state index >= 15 is 0 Å². The predicted molar refractivity (Wildman–Crippen MR) is 41.2 cm³/mol. The van der Waals surface area contributed by atoms with Crippen LogP contribution in [0.15, 0.2) is 15.7 Å². The van der Waals surface area contributed by atoms with Crippen LogP contribution in [0.2, 0.25) is 0 Å². The van der Waals surface area contributed by atoms with E-state index in [1.165, 1.54) is 10.6 Å². The Labute approximate surface area is 65.9 Å². The Bertz CT molecular complexity index is 532. The SMILES string of the molecule is Cc1cc(=O)[nH]c2nc(=O)[nH]n12. The van der Waals surface area contributed by atoms with E-state index in [2.05, 4.69) is 15.1 Å². The summed E-state index contributed by atoms with van der Waals surface area (Å²) in [6.45, 7) is 1.71. The van der Waals surface area contributed by atoms with Crippen LogP contribution < -0.4 is 11.2 Å². The second-order valence-corrected chi connectivity index (χ2v) is 2.46. The molecule has 0 aliphatic carbocycles. The van der Waals surface area contributed by atoms with Crippen molar-refractivity contribution >= 4 is 5.78 Å². The topological polar surface area (TPSA) is 83.0 Å². The van der Waals surface area contributed by atoms with Gasteiger partial charge in [0.15, 0.2) is 0 Å². The van der Waals surface area contributed by atoms with Crippen molar-refractivity contribution in [2.75, 3.05) is 0 Å². The average molecular weight is 166 g/mol. The second-order valence-electron chi connectivity index (χ2n) is 2.46. The van der Waals surface area contributed by atoms with E-state index < -0.39 is 5.69 Å². The van der Waals surface area contributed by atoms with Gasteiger partial charge >= 0.3 is 5.69 Å². The van der Waals surface area contributed by atoms with Gasteiger partial charge in [-0.2, -0.15) is 4.98 Å². The normalized spacial score (nSPS) is 10.8. The molecule has 0 amide bonds. The number of hydrogen-bond acceptors (Lipinski definition) is 3. The van der Waals surface area contributed by atoms with Gasteiger partial charge in [-0.15, -0.1) is 0 Å². The molecule has 0 unspecified atom stereocenters. The van der Waals surface area contributed by atoms with Crippen LogP contribution >= 0.6 is 0 Å². The highest BCUT2D eigenvalue weighted by atomic mass is 16.1. The van der Waals surface area contributed by atoms with E-state index in [4.69, 9.17) is 0 Å². The molecule has 0 bridgehead atoms. The Balaban J connectivity index is 3.07. The molecule has 0 fully saturated rings. The van der Waals surface area contributed by atoms with Gasteiger partial charge < -0.3 is 0 Å². The number of nitrogens with one attached hydrogen (secondary N) is 2. The van der Waals surface area contributed by atoms with E-state index in [1.54, 1.807) is 6.92 Å². The third kappa shape index (κ3) is 0.849. The first-order chi connectivity index (χ1) is 5.66. The lowest BCUT2D eigenvalue weighted by molar-refractivity contribution is 0.872. The molecule has 0 spiro atoms. The molecule has 0 aliphatic rings. The van der Waals surface area contributed by atoms with E-state index in [-0.39, 0.29) is 11.3 Å². The summed E-state index contributed by atoms with van der Waals surface area (Å²) < 4.78 is 1.42. The molecule has 2 aromatic heterocycles. The molecule has 0 aliphatic heterocycles. The minimum Gasteiger partial charge on any atom is -0.291 e. The van der Waals surface area contributed by atoms with Gasteiger partial charge in [0.25, 0.3) is 5.56 Å². The van der Waals surface area contributed by atoms with Crippen molar-refractivity contribution in [2.45, 2.75) is 6.92 Å². The van der Waals surface area contributed by atoms with Gasteiger partial charge in [0.2, 0.25) is 5.78 Å². The summed E-state index contributed by atoms with van der Waals surface area (Å²) in [7, 11) is 0. The molecule has 62 valence electrons. The number of hydrogen-bond donors (Lipinski definition) is 2. The fourth-order valence-corrected chi connectivity index (χ4v) is 1.06. The van der Waals surface area contributed by atoms with Crippen LogP contribution in [0.25, 0.3) is 5.78 Å². The van der Waals surface area contributed by atoms with Gasteiger partial charge in [0.05, 0.1) is 0 Å². The molecular formula is C6H6N4O2. The minimum atomic E-state index is -0.472. The van der Waals surface area contributed by atoms with Gasteiger partial charge in [-0.1, -0.05) is 0 Å². The lowest BCUT2D eigenvalue weighted by Gasteiger charge is -1.94. The van der Waals surface area contributed by atoms with Crippen molar-refractivity contribution in [1.82, 2.24) is 19.6 Å². The summed E-state index contributed by atoms with van der Waals surface area (Å²) in [4.78, 5) is 27.6. The lowest BCUT2D eigenvalue weighted by Crippen LogP contribution is -2.09. The van der Waals surface area contributed by atoms with Crippen molar-refractivity contribution < 1.29 is 0 Å². The van der Waals surface area contributed by atoms with Crippen molar-refractivity contribution in [3.8, 4) is 0 Å². The number of aromatic nitrogens is 4. The Kier molecular flexibility index (Phi) is 1.18. The van der Waals surface area contributed by atoms with Crippen LogP contribution in [0.1, 0.15) is 5.69 Å². The first kappa shape index (κ1) is 6.84. The smallest absolute Gasteiger partial charge is 0.291 e. The van der Waals surface area contributed by atoms with Crippen molar-refractivity contribution in [3.05, 3.63) is 32.6 Å². The maximum absolute atomic E-state index is 10.9. The van der Waals surface area contributed by atoms with Crippen molar-refractivity contribution in [3.63, 3.8) is 0 Å². The molecule has 2 aromatic rings. The largest absolute Gasteiger partial charge is 0.363 e. The zero-order valence-corrected chi connectivity index (χ0v) is 6.29. The summed E-state index contributed by atoms with van der Waals surface area (Å²) in [5, 5.41) is 2.43. The van der Waals surface area contributed by atoms with Gasteiger partial charge in [0.1, 0.15) is 0 Å². The van der Waals surface area contributed by atoms with Crippen LogP contribution in [0, 0.1) is 6.92 Å².